The molecule has 0 aliphatic rings. The van der Waals surface area contributed by atoms with E-state index in [0.717, 1.165) is 12.0 Å². The molecule has 0 heterocycles. The molecule has 0 amide bonds. The summed E-state index contributed by atoms with van der Waals surface area (Å²) in [5.41, 5.74) is 2.51. The highest BCUT2D eigenvalue weighted by atomic mass is 19.1. The molecule has 1 N–H and O–H groups in total. The minimum Gasteiger partial charge on any atom is -0.478 e. The molecule has 0 saturated carbocycles. The van der Waals surface area contributed by atoms with Gasteiger partial charge in [-0.3, -0.25) is 0 Å². The monoisotopic (exact) mass is 272 g/mol. The minimum atomic E-state index is -1.25. The second kappa shape index (κ2) is 5.87. The molecular weight excluding hydrogens is 255 g/mol. The first-order valence-electron chi connectivity index (χ1n) is 6.66. The molecule has 0 aliphatic heterocycles. The Labute approximate surface area is 117 Å². The van der Waals surface area contributed by atoms with E-state index in [4.69, 9.17) is 5.11 Å². The van der Waals surface area contributed by atoms with Crippen LogP contribution in [0.4, 0.5) is 4.39 Å². The fraction of sp³-hybridized carbons (Fsp3) is 0.235. The van der Waals surface area contributed by atoms with Gasteiger partial charge in [-0.1, -0.05) is 44.2 Å². The lowest BCUT2D eigenvalue weighted by molar-refractivity contribution is 0.0692. The second-order valence-corrected chi connectivity index (χ2v) is 4.93. The van der Waals surface area contributed by atoms with E-state index in [2.05, 4.69) is 13.8 Å². The van der Waals surface area contributed by atoms with Crippen molar-refractivity contribution >= 4 is 5.97 Å². The fourth-order valence-electron chi connectivity index (χ4n) is 2.11. The Morgan fingerprint density at radius 3 is 2.25 bits per heavy atom. The Kier molecular flexibility index (Phi) is 4.18. The van der Waals surface area contributed by atoms with Gasteiger partial charge in [-0.2, -0.15) is 0 Å². The Bertz CT molecular complexity index is 617. The molecular formula is C17H17FO2. The van der Waals surface area contributed by atoms with Crippen molar-refractivity contribution in [2.45, 2.75) is 26.2 Å². The van der Waals surface area contributed by atoms with Crippen LogP contribution in [0, 0.1) is 5.82 Å². The van der Waals surface area contributed by atoms with Gasteiger partial charge in [0.25, 0.3) is 0 Å². The van der Waals surface area contributed by atoms with Gasteiger partial charge in [0.15, 0.2) is 0 Å². The molecule has 2 rings (SSSR count). The topological polar surface area (TPSA) is 37.3 Å². The molecule has 104 valence electrons. The molecule has 0 spiro atoms. The molecule has 0 fully saturated rings. The van der Waals surface area contributed by atoms with Crippen molar-refractivity contribution in [1.29, 1.82) is 0 Å². The van der Waals surface area contributed by atoms with E-state index < -0.39 is 11.8 Å². The van der Waals surface area contributed by atoms with Gasteiger partial charge in [-0.05, 0) is 41.2 Å². The molecule has 0 aliphatic carbocycles. The average Bonchev–Trinajstić information content (AvgIpc) is 2.46. The van der Waals surface area contributed by atoms with Crippen molar-refractivity contribution in [2.24, 2.45) is 0 Å². The molecule has 0 saturated heterocycles. The maximum atomic E-state index is 13.7. The van der Waals surface area contributed by atoms with Crippen LogP contribution >= 0.6 is 0 Å². The predicted molar refractivity (Wildman–Crippen MR) is 77.5 cm³/mol. The smallest absolute Gasteiger partial charge is 0.338 e. The molecule has 3 heteroatoms. The first-order chi connectivity index (χ1) is 9.52. The zero-order valence-electron chi connectivity index (χ0n) is 11.6. The van der Waals surface area contributed by atoms with Crippen LogP contribution in [-0.4, -0.2) is 11.1 Å². The molecule has 2 aromatic rings. The summed E-state index contributed by atoms with van der Waals surface area (Å²) in [6.07, 6.45) is 1.07. The summed E-state index contributed by atoms with van der Waals surface area (Å²) in [6, 6.07) is 12.1. The summed E-state index contributed by atoms with van der Waals surface area (Å²) < 4.78 is 13.7. The Morgan fingerprint density at radius 2 is 1.75 bits per heavy atom. The summed E-state index contributed by atoms with van der Waals surface area (Å²) in [5.74, 6) is -1.46. The van der Waals surface area contributed by atoms with Crippen molar-refractivity contribution in [3.63, 3.8) is 0 Å². The molecule has 2 nitrogen and oxygen atoms in total. The number of carbonyl (C=O) groups is 1. The fourth-order valence-corrected chi connectivity index (χ4v) is 2.11. The van der Waals surface area contributed by atoms with Crippen LogP contribution in [0.25, 0.3) is 11.1 Å². The summed E-state index contributed by atoms with van der Waals surface area (Å²) in [5, 5.41) is 8.81. The number of carboxylic acid groups (broad SMARTS) is 1. The third-order valence-corrected chi connectivity index (χ3v) is 3.62. The van der Waals surface area contributed by atoms with E-state index in [1.54, 1.807) is 6.07 Å². The maximum Gasteiger partial charge on any atom is 0.338 e. The molecule has 0 bridgehead atoms. The lowest BCUT2D eigenvalue weighted by atomic mass is 9.95. The highest BCUT2D eigenvalue weighted by molar-refractivity contribution is 5.88. The number of aromatic carboxylic acids is 1. The van der Waals surface area contributed by atoms with E-state index in [1.807, 2.05) is 24.3 Å². The van der Waals surface area contributed by atoms with Crippen LogP contribution in [0.5, 0.6) is 0 Å². The largest absolute Gasteiger partial charge is 0.478 e. The van der Waals surface area contributed by atoms with Gasteiger partial charge in [0.2, 0.25) is 0 Å². The number of carboxylic acids is 1. The third-order valence-electron chi connectivity index (χ3n) is 3.62. The van der Waals surface area contributed by atoms with E-state index in [9.17, 15) is 9.18 Å². The van der Waals surface area contributed by atoms with Crippen molar-refractivity contribution in [3.05, 3.63) is 59.4 Å². The quantitative estimate of drug-likeness (QED) is 0.875. The van der Waals surface area contributed by atoms with Crippen molar-refractivity contribution in [1.82, 2.24) is 0 Å². The molecule has 2 aromatic carbocycles. The Morgan fingerprint density at radius 1 is 1.15 bits per heavy atom. The van der Waals surface area contributed by atoms with E-state index >= 15 is 0 Å². The number of halogens is 1. The van der Waals surface area contributed by atoms with Gasteiger partial charge in [-0.15, -0.1) is 0 Å². The lowest BCUT2D eigenvalue weighted by Crippen LogP contribution is -2.00. The summed E-state index contributed by atoms with van der Waals surface area (Å²) in [7, 11) is 0. The van der Waals surface area contributed by atoms with Gasteiger partial charge in [0.05, 0.1) is 5.56 Å². The van der Waals surface area contributed by atoms with Gasteiger partial charge >= 0.3 is 5.97 Å². The first-order valence-corrected chi connectivity index (χ1v) is 6.66. The third kappa shape index (κ3) is 2.87. The van der Waals surface area contributed by atoms with Crippen molar-refractivity contribution in [2.75, 3.05) is 0 Å². The van der Waals surface area contributed by atoms with Crippen molar-refractivity contribution in [3.8, 4) is 11.1 Å². The number of rotatable bonds is 4. The van der Waals surface area contributed by atoms with Crippen LogP contribution in [0.3, 0.4) is 0 Å². The second-order valence-electron chi connectivity index (χ2n) is 4.93. The van der Waals surface area contributed by atoms with Gasteiger partial charge < -0.3 is 5.11 Å². The lowest BCUT2D eigenvalue weighted by Gasteiger charge is -2.10. The number of hydrogen-bond donors (Lipinski definition) is 1. The van der Waals surface area contributed by atoms with E-state index in [0.29, 0.717) is 11.5 Å². The Hall–Kier alpha value is -2.16. The zero-order valence-corrected chi connectivity index (χ0v) is 11.6. The highest BCUT2D eigenvalue weighted by Crippen LogP contribution is 2.25. The zero-order chi connectivity index (χ0) is 14.7. The van der Waals surface area contributed by atoms with Crippen LogP contribution < -0.4 is 0 Å². The van der Waals surface area contributed by atoms with Crippen LogP contribution in [0.1, 0.15) is 42.1 Å². The highest BCUT2D eigenvalue weighted by Gasteiger charge is 2.11. The van der Waals surface area contributed by atoms with Crippen LogP contribution in [0.15, 0.2) is 42.5 Å². The standard InChI is InChI=1S/C17H17FO2/c1-3-11(2)12-4-6-13(7-5-12)14-8-9-15(17(19)20)16(18)10-14/h4-11H,3H2,1-2H3,(H,19,20). The first kappa shape index (κ1) is 14.3. The van der Waals surface area contributed by atoms with Crippen LogP contribution in [0.2, 0.25) is 0 Å². The summed E-state index contributed by atoms with van der Waals surface area (Å²) in [4.78, 5) is 10.8. The van der Waals surface area contributed by atoms with E-state index in [-0.39, 0.29) is 5.56 Å². The molecule has 20 heavy (non-hydrogen) atoms. The average molecular weight is 272 g/mol. The summed E-state index contributed by atoms with van der Waals surface area (Å²) >= 11 is 0. The van der Waals surface area contributed by atoms with Gasteiger partial charge in [0, 0.05) is 0 Å². The van der Waals surface area contributed by atoms with Gasteiger partial charge in [-0.25, -0.2) is 9.18 Å². The van der Waals surface area contributed by atoms with Crippen LogP contribution in [-0.2, 0) is 0 Å². The number of benzene rings is 2. The van der Waals surface area contributed by atoms with Gasteiger partial charge in [0.1, 0.15) is 5.82 Å². The summed E-state index contributed by atoms with van der Waals surface area (Å²) in [6.45, 7) is 4.30. The van der Waals surface area contributed by atoms with E-state index in [1.165, 1.54) is 17.7 Å². The minimum absolute atomic E-state index is 0.301. The molecule has 0 aromatic heterocycles. The Balaban J connectivity index is 2.32. The predicted octanol–water partition coefficient (Wildman–Crippen LogP) is 4.70. The van der Waals surface area contributed by atoms with Crippen molar-refractivity contribution < 1.29 is 14.3 Å². The number of hydrogen-bond acceptors (Lipinski definition) is 1. The molecule has 1 atom stereocenters. The SMILES string of the molecule is CCC(C)c1ccc(-c2ccc(C(=O)O)c(F)c2)cc1. The molecule has 1 unspecified atom stereocenters. The maximum absolute atomic E-state index is 13.7. The normalized spacial score (nSPS) is 12.2. The molecule has 0 radical (unpaired) electrons.